The molecular weight excluding hydrogens is 426 g/mol. The molecule has 1 N–H and O–H groups in total. The second-order valence-corrected chi connectivity index (χ2v) is 8.75. The van der Waals surface area contributed by atoms with Crippen LogP contribution in [-0.2, 0) is 9.59 Å². The number of aryl methyl sites for hydroxylation is 2. The van der Waals surface area contributed by atoms with Crippen LogP contribution in [0.1, 0.15) is 30.9 Å². The molecule has 1 aliphatic rings. The van der Waals surface area contributed by atoms with E-state index in [1.165, 1.54) is 24.4 Å². The van der Waals surface area contributed by atoms with Crippen molar-refractivity contribution in [3.05, 3.63) is 47.5 Å². The van der Waals surface area contributed by atoms with Crippen molar-refractivity contribution in [1.82, 2.24) is 4.90 Å². The van der Waals surface area contributed by atoms with Crippen LogP contribution in [0.2, 0.25) is 0 Å². The zero-order valence-corrected chi connectivity index (χ0v) is 19.9. The van der Waals surface area contributed by atoms with Crippen LogP contribution in [0.3, 0.4) is 0 Å². The number of carbonyl (C=O) groups excluding carboxylic acids is 2. The van der Waals surface area contributed by atoms with E-state index in [2.05, 4.69) is 12.2 Å². The Morgan fingerprint density at radius 3 is 2.56 bits per heavy atom. The molecule has 8 heteroatoms. The van der Waals surface area contributed by atoms with E-state index in [1.807, 2.05) is 32.0 Å². The molecular formula is C24H29N3O4S. The van der Waals surface area contributed by atoms with E-state index in [9.17, 15) is 9.59 Å². The summed E-state index contributed by atoms with van der Waals surface area (Å²) in [6, 6.07) is 11.1. The van der Waals surface area contributed by atoms with Crippen molar-refractivity contribution in [2.45, 2.75) is 38.9 Å². The van der Waals surface area contributed by atoms with Gasteiger partial charge in [0.1, 0.15) is 16.7 Å². The average Bonchev–Trinajstić information content (AvgIpc) is 3.05. The molecule has 0 bridgehead atoms. The fourth-order valence-corrected chi connectivity index (χ4v) is 4.52. The monoisotopic (exact) mass is 455 g/mol. The molecule has 1 fully saturated rings. The Morgan fingerprint density at radius 1 is 1.12 bits per heavy atom. The zero-order valence-electron chi connectivity index (χ0n) is 19.1. The lowest BCUT2D eigenvalue weighted by molar-refractivity contribution is -0.128. The van der Waals surface area contributed by atoms with E-state index in [-0.39, 0.29) is 18.2 Å². The molecule has 0 aromatic heterocycles. The van der Waals surface area contributed by atoms with E-state index >= 15 is 0 Å². The minimum atomic E-state index is -0.518. The van der Waals surface area contributed by atoms with Crippen LogP contribution in [0, 0.1) is 13.8 Å². The fourth-order valence-electron chi connectivity index (χ4n) is 3.33. The first-order valence-corrected chi connectivity index (χ1v) is 11.4. The van der Waals surface area contributed by atoms with Crippen molar-refractivity contribution in [2.24, 2.45) is 4.99 Å². The van der Waals surface area contributed by atoms with Crippen molar-refractivity contribution in [3.63, 3.8) is 0 Å². The number of hydrogen-bond donors (Lipinski definition) is 1. The van der Waals surface area contributed by atoms with E-state index in [0.717, 1.165) is 17.7 Å². The van der Waals surface area contributed by atoms with E-state index in [0.29, 0.717) is 28.9 Å². The Bertz CT molecular complexity index is 1040. The first-order chi connectivity index (χ1) is 15.4. The number of nitrogens with one attached hydrogen (secondary N) is 1. The van der Waals surface area contributed by atoms with Crippen molar-refractivity contribution in [2.75, 3.05) is 26.1 Å². The van der Waals surface area contributed by atoms with Gasteiger partial charge in [-0.15, -0.1) is 0 Å². The number of hydrogen-bond acceptors (Lipinski definition) is 6. The predicted molar refractivity (Wildman–Crippen MR) is 129 cm³/mol. The van der Waals surface area contributed by atoms with Gasteiger partial charge in [0.05, 0.1) is 25.6 Å². The number of aliphatic imine (C=N–C) groups is 1. The topological polar surface area (TPSA) is 80.2 Å². The molecule has 1 aliphatic heterocycles. The highest BCUT2D eigenvalue weighted by Gasteiger charge is 2.38. The summed E-state index contributed by atoms with van der Waals surface area (Å²) in [5, 5.41) is 2.96. The van der Waals surface area contributed by atoms with Crippen molar-refractivity contribution >= 4 is 40.1 Å². The first-order valence-electron chi connectivity index (χ1n) is 10.5. The van der Waals surface area contributed by atoms with Crippen molar-refractivity contribution < 1.29 is 19.1 Å². The highest BCUT2D eigenvalue weighted by atomic mass is 32.2. The number of rotatable bonds is 8. The SMILES string of the molecule is CCCN1C(=O)C(CC(=O)Nc2ccc(OC)cc2OC)SC1=Nc1ccc(C)c(C)c1. The van der Waals surface area contributed by atoms with Crippen molar-refractivity contribution in [1.29, 1.82) is 0 Å². The third-order valence-electron chi connectivity index (χ3n) is 5.24. The van der Waals surface area contributed by atoms with Gasteiger partial charge in [-0.25, -0.2) is 4.99 Å². The molecule has 2 aromatic carbocycles. The van der Waals surface area contributed by atoms with Crippen LogP contribution in [0.4, 0.5) is 11.4 Å². The smallest absolute Gasteiger partial charge is 0.242 e. The van der Waals surface area contributed by atoms with Crippen LogP contribution < -0.4 is 14.8 Å². The molecule has 32 heavy (non-hydrogen) atoms. The summed E-state index contributed by atoms with van der Waals surface area (Å²) in [6.07, 6.45) is 0.852. The number of carbonyl (C=O) groups is 2. The number of amidine groups is 1. The highest BCUT2D eigenvalue weighted by Crippen LogP contribution is 2.33. The van der Waals surface area contributed by atoms with Gasteiger partial charge in [0.2, 0.25) is 11.8 Å². The molecule has 1 atom stereocenters. The van der Waals surface area contributed by atoms with Gasteiger partial charge in [-0.3, -0.25) is 14.5 Å². The summed E-state index contributed by atoms with van der Waals surface area (Å²) in [5.74, 6) is 0.774. The number of anilines is 1. The van der Waals surface area contributed by atoms with Gasteiger partial charge in [0.15, 0.2) is 5.17 Å². The van der Waals surface area contributed by atoms with Gasteiger partial charge in [-0.1, -0.05) is 24.8 Å². The Balaban J connectivity index is 1.75. The van der Waals surface area contributed by atoms with Crippen molar-refractivity contribution in [3.8, 4) is 11.5 Å². The highest BCUT2D eigenvalue weighted by molar-refractivity contribution is 8.15. The Labute approximate surface area is 193 Å². The maximum absolute atomic E-state index is 13.0. The predicted octanol–water partition coefficient (Wildman–Crippen LogP) is 4.69. The van der Waals surface area contributed by atoms with Gasteiger partial charge in [0.25, 0.3) is 0 Å². The largest absolute Gasteiger partial charge is 0.497 e. The summed E-state index contributed by atoms with van der Waals surface area (Å²) in [5.41, 5.74) is 3.67. The average molecular weight is 456 g/mol. The van der Waals surface area contributed by atoms with Gasteiger partial charge < -0.3 is 14.8 Å². The van der Waals surface area contributed by atoms with Crippen LogP contribution in [0.25, 0.3) is 0 Å². The number of amides is 2. The van der Waals surface area contributed by atoms with Crippen LogP contribution in [0.15, 0.2) is 41.4 Å². The Hall–Kier alpha value is -3.00. The quantitative estimate of drug-likeness (QED) is 0.625. The van der Waals surface area contributed by atoms with Gasteiger partial charge in [-0.2, -0.15) is 0 Å². The molecule has 1 unspecified atom stereocenters. The number of nitrogens with zero attached hydrogens (tertiary/aromatic N) is 2. The molecule has 0 saturated carbocycles. The summed E-state index contributed by atoms with van der Waals surface area (Å²) in [4.78, 5) is 32.1. The Morgan fingerprint density at radius 2 is 1.91 bits per heavy atom. The van der Waals surface area contributed by atoms with E-state index < -0.39 is 5.25 Å². The van der Waals surface area contributed by atoms with Crippen LogP contribution in [-0.4, -0.2) is 47.9 Å². The lowest BCUT2D eigenvalue weighted by Crippen LogP contribution is -2.34. The lowest BCUT2D eigenvalue weighted by atomic mass is 10.1. The summed E-state index contributed by atoms with van der Waals surface area (Å²) < 4.78 is 10.5. The molecule has 0 spiro atoms. The summed E-state index contributed by atoms with van der Waals surface area (Å²) in [6.45, 7) is 6.67. The number of ether oxygens (including phenoxy) is 2. The molecule has 1 saturated heterocycles. The maximum atomic E-state index is 13.0. The standard InChI is InChI=1S/C24H29N3O4S/c1-6-11-27-23(29)21(32-24(27)25-17-8-7-15(2)16(3)12-17)14-22(28)26-19-10-9-18(30-4)13-20(19)31-5/h7-10,12-13,21H,6,11,14H2,1-5H3,(H,26,28). The summed E-state index contributed by atoms with van der Waals surface area (Å²) in [7, 11) is 3.09. The van der Waals surface area contributed by atoms with Crippen LogP contribution in [0.5, 0.6) is 11.5 Å². The molecule has 170 valence electrons. The maximum Gasteiger partial charge on any atom is 0.242 e. The minimum absolute atomic E-state index is 0.0465. The number of benzene rings is 2. The third-order valence-corrected chi connectivity index (χ3v) is 6.41. The second-order valence-electron chi connectivity index (χ2n) is 7.58. The molecule has 2 amide bonds. The second kappa shape index (κ2) is 10.5. The molecule has 1 heterocycles. The minimum Gasteiger partial charge on any atom is -0.497 e. The van der Waals surface area contributed by atoms with E-state index in [1.54, 1.807) is 30.2 Å². The number of thioether (sulfide) groups is 1. The number of methoxy groups -OCH3 is 2. The first kappa shape index (κ1) is 23.7. The van der Waals surface area contributed by atoms with Gasteiger partial charge in [-0.05, 0) is 55.7 Å². The third kappa shape index (κ3) is 5.43. The van der Waals surface area contributed by atoms with E-state index in [4.69, 9.17) is 14.5 Å². The van der Waals surface area contributed by atoms with Gasteiger partial charge in [0, 0.05) is 19.0 Å². The molecule has 0 radical (unpaired) electrons. The zero-order chi connectivity index (χ0) is 23.3. The molecule has 7 nitrogen and oxygen atoms in total. The van der Waals surface area contributed by atoms with Gasteiger partial charge >= 0.3 is 0 Å². The molecule has 3 rings (SSSR count). The fraction of sp³-hybridized carbons (Fsp3) is 0.375. The molecule has 2 aromatic rings. The normalized spacial score (nSPS) is 17.0. The van der Waals surface area contributed by atoms with Crippen LogP contribution >= 0.6 is 11.8 Å². The molecule has 0 aliphatic carbocycles. The summed E-state index contributed by atoms with van der Waals surface area (Å²) >= 11 is 1.34. The lowest BCUT2D eigenvalue weighted by Gasteiger charge is -2.15. The Kier molecular flexibility index (Phi) is 7.80.